The Balaban J connectivity index is 2.01. The standard InChI is InChI=1S/C13H12N4/c1-10-15-12(9-11-5-3-2-4-6-11)16-13-7-8-14-17(10)13/h2-8H,9H2,1H3. The van der Waals surface area contributed by atoms with Crippen molar-refractivity contribution in [1.82, 2.24) is 19.6 Å². The molecule has 0 spiro atoms. The first kappa shape index (κ1) is 9.96. The van der Waals surface area contributed by atoms with Crippen LogP contribution in [-0.2, 0) is 6.42 Å². The maximum atomic E-state index is 4.48. The first-order valence-corrected chi connectivity index (χ1v) is 5.54. The molecule has 3 aromatic rings. The Morgan fingerprint density at radius 1 is 1.06 bits per heavy atom. The average Bonchev–Trinajstić information content (AvgIpc) is 2.79. The molecule has 0 saturated carbocycles. The second kappa shape index (κ2) is 3.97. The van der Waals surface area contributed by atoms with Crippen molar-refractivity contribution in [3.05, 3.63) is 59.8 Å². The molecule has 0 aliphatic heterocycles. The molecule has 4 heteroatoms. The molecule has 0 bridgehead atoms. The summed E-state index contributed by atoms with van der Waals surface area (Å²) in [6.45, 7) is 1.94. The zero-order valence-corrected chi connectivity index (χ0v) is 9.54. The summed E-state index contributed by atoms with van der Waals surface area (Å²) < 4.78 is 1.74. The summed E-state index contributed by atoms with van der Waals surface area (Å²) in [4.78, 5) is 8.94. The number of hydrogen-bond acceptors (Lipinski definition) is 3. The van der Waals surface area contributed by atoms with Gasteiger partial charge in [0, 0.05) is 12.5 Å². The predicted molar refractivity (Wildman–Crippen MR) is 64.8 cm³/mol. The lowest BCUT2D eigenvalue weighted by Crippen LogP contribution is -2.05. The lowest BCUT2D eigenvalue weighted by atomic mass is 10.1. The zero-order valence-electron chi connectivity index (χ0n) is 9.54. The molecule has 0 saturated heterocycles. The predicted octanol–water partition coefficient (Wildman–Crippen LogP) is 2.02. The van der Waals surface area contributed by atoms with E-state index in [1.807, 2.05) is 31.2 Å². The van der Waals surface area contributed by atoms with E-state index in [4.69, 9.17) is 0 Å². The largest absolute Gasteiger partial charge is 0.218 e. The quantitative estimate of drug-likeness (QED) is 0.669. The Bertz CT molecular complexity index is 643. The highest BCUT2D eigenvalue weighted by molar-refractivity contribution is 5.36. The molecule has 0 aliphatic carbocycles. The molecule has 0 amide bonds. The molecule has 3 rings (SSSR count). The van der Waals surface area contributed by atoms with Crippen molar-refractivity contribution in [2.24, 2.45) is 0 Å². The van der Waals surface area contributed by atoms with Crippen molar-refractivity contribution in [2.75, 3.05) is 0 Å². The molecule has 0 aliphatic rings. The summed E-state index contributed by atoms with van der Waals surface area (Å²) in [5.74, 6) is 1.70. The summed E-state index contributed by atoms with van der Waals surface area (Å²) >= 11 is 0. The topological polar surface area (TPSA) is 43.1 Å². The van der Waals surface area contributed by atoms with Crippen LogP contribution in [0, 0.1) is 6.92 Å². The lowest BCUT2D eigenvalue weighted by molar-refractivity contribution is 0.802. The van der Waals surface area contributed by atoms with E-state index in [9.17, 15) is 0 Å². The van der Waals surface area contributed by atoms with E-state index in [0.717, 1.165) is 23.7 Å². The van der Waals surface area contributed by atoms with Gasteiger partial charge >= 0.3 is 0 Å². The number of fused-ring (bicyclic) bond motifs is 1. The van der Waals surface area contributed by atoms with Crippen LogP contribution in [0.2, 0.25) is 0 Å². The second-order valence-electron chi connectivity index (χ2n) is 3.95. The van der Waals surface area contributed by atoms with Crippen molar-refractivity contribution in [2.45, 2.75) is 13.3 Å². The van der Waals surface area contributed by atoms with Crippen molar-refractivity contribution >= 4 is 5.65 Å². The van der Waals surface area contributed by atoms with Crippen LogP contribution in [0.25, 0.3) is 5.65 Å². The zero-order chi connectivity index (χ0) is 11.7. The maximum Gasteiger partial charge on any atom is 0.159 e. The van der Waals surface area contributed by atoms with Gasteiger partial charge in [0.05, 0.1) is 6.20 Å². The molecule has 0 fully saturated rings. The summed E-state index contributed by atoms with van der Waals surface area (Å²) in [5, 5.41) is 4.16. The van der Waals surface area contributed by atoms with Crippen molar-refractivity contribution in [1.29, 1.82) is 0 Å². The van der Waals surface area contributed by atoms with Crippen LogP contribution in [0.15, 0.2) is 42.6 Å². The molecule has 2 heterocycles. The van der Waals surface area contributed by atoms with Gasteiger partial charge in [0.25, 0.3) is 0 Å². The van der Waals surface area contributed by atoms with Gasteiger partial charge in [-0.3, -0.25) is 0 Å². The van der Waals surface area contributed by atoms with Crippen molar-refractivity contribution in [3.63, 3.8) is 0 Å². The Kier molecular flexibility index (Phi) is 2.33. The van der Waals surface area contributed by atoms with E-state index in [2.05, 4.69) is 27.2 Å². The molecular weight excluding hydrogens is 212 g/mol. The van der Waals surface area contributed by atoms with E-state index < -0.39 is 0 Å². The van der Waals surface area contributed by atoms with Crippen LogP contribution in [0.5, 0.6) is 0 Å². The van der Waals surface area contributed by atoms with E-state index in [1.54, 1.807) is 10.7 Å². The van der Waals surface area contributed by atoms with Crippen LogP contribution in [0.3, 0.4) is 0 Å². The van der Waals surface area contributed by atoms with Crippen molar-refractivity contribution < 1.29 is 0 Å². The minimum atomic E-state index is 0.753. The Morgan fingerprint density at radius 2 is 1.88 bits per heavy atom. The van der Waals surface area contributed by atoms with Gasteiger partial charge in [-0.05, 0) is 12.5 Å². The SMILES string of the molecule is Cc1nc(Cc2ccccc2)nc2ccnn12. The van der Waals surface area contributed by atoms with Gasteiger partial charge in [0.1, 0.15) is 11.6 Å². The fourth-order valence-electron chi connectivity index (χ4n) is 1.88. The second-order valence-corrected chi connectivity index (χ2v) is 3.95. The highest BCUT2D eigenvalue weighted by atomic mass is 15.3. The number of nitrogens with zero attached hydrogens (tertiary/aromatic N) is 4. The van der Waals surface area contributed by atoms with E-state index in [0.29, 0.717) is 0 Å². The third kappa shape index (κ3) is 1.89. The Morgan fingerprint density at radius 3 is 2.71 bits per heavy atom. The van der Waals surface area contributed by atoms with Crippen LogP contribution in [0.4, 0.5) is 0 Å². The summed E-state index contributed by atoms with van der Waals surface area (Å²) in [6, 6.07) is 12.1. The van der Waals surface area contributed by atoms with E-state index in [1.165, 1.54) is 5.56 Å². The van der Waals surface area contributed by atoms with Gasteiger partial charge < -0.3 is 0 Å². The number of aryl methyl sites for hydroxylation is 1. The molecule has 0 N–H and O–H groups in total. The molecule has 4 nitrogen and oxygen atoms in total. The highest BCUT2D eigenvalue weighted by Gasteiger charge is 2.05. The summed E-state index contributed by atoms with van der Waals surface area (Å²) in [7, 11) is 0. The van der Waals surface area contributed by atoms with Gasteiger partial charge in [0.2, 0.25) is 0 Å². The average molecular weight is 224 g/mol. The molecule has 17 heavy (non-hydrogen) atoms. The summed E-state index contributed by atoms with van der Waals surface area (Å²) in [6.07, 6.45) is 2.49. The fraction of sp³-hybridized carbons (Fsp3) is 0.154. The van der Waals surface area contributed by atoms with Crippen LogP contribution < -0.4 is 0 Å². The summed E-state index contributed by atoms with van der Waals surface area (Å²) in [5.41, 5.74) is 2.07. The molecule has 0 atom stereocenters. The first-order chi connectivity index (χ1) is 8.33. The van der Waals surface area contributed by atoms with E-state index >= 15 is 0 Å². The van der Waals surface area contributed by atoms with Crippen LogP contribution >= 0.6 is 0 Å². The van der Waals surface area contributed by atoms with Gasteiger partial charge in [-0.25, -0.2) is 14.5 Å². The van der Waals surface area contributed by atoms with Crippen LogP contribution in [0.1, 0.15) is 17.2 Å². The van der Waals surface area contributed by atoms with Crippen LogP contribution in [-0.4, -0.2) is 19.6 Å². The van der Waals surface area contributed by atoms with Gasteiger partial charge in [0.15, 0.2) is 5.65 Å². The highest BCUT2D eigenvalue weighted by Crippen LogP contribution is 2.08. The third-order valence-electron chi connectivity index (χ3n) is 2.67. The monoisotopic (exact) mass is 224 g/mol. The minimum Gasteiger partial charge on any atom is -0.218 e. The fourth-order valence-corrected chi connectivity index (χ4v) is 1.88. The molecule has 2 aromatic heterocycles. The Hall–Kier alpha value is -2.23. The van der Waals surface area contributed by atoms with Crippen molar-refractivity contribution in [3.8, 4) is 0 Å². The first-order valence-electron chi connectivity index (χ1n) is 5.54. The molecule has 1 aromatic carbocycles. The number of rotatable bonds is 2. The smallest absolute Gasteiger partial charge is 0.159 e. The van der Waals surface area contributed by atoms with Gasteiger partial charge in [-0.15, -0.1) is 0 Å². The minimum absolute atomic E-state index is 0.753. The molecule has 0 unspecified atom stereocenters. The number of benzene rings is 1. The third-order valence-corrected chi connectivity index (χ3v) is 2.67. The van der Waals surface area contributed by atoms with E-state index in [-0.39, 0.29) is 0 Å². The molecule has 0 radical (unpaired) electrons. The lowest BCUT2D eigenvalue weighted by Gasteiger charge is -2.03. The maximum absolute atomic E-state index is 4.48. The van der Waals surface area contributed by atoms with Gasteiger partial charge in [-0.2, -0.15) is 5.10 Å². The number of hydrogen-bond donors (Lipinski definition) is 0. The normalized spacial score (nSPS) is 10.9. The molecule has 84 valence electrons. The Labute approximate surface area is 99.0 Å². The van der Waals surface area contributed by atoms with Gasteiger partial charge in [-0.1, -0.05) is 30.3 Å². The number of aromatic nitrogens is 4. The molecular formula is C13H12N4.